The highest BCUT2D eigenvalue weighted by Crippen LogP contribution is 2.22. The van der Waals surface area contributed by atoms with Gasteiger partial charge in [-0.05, 0) is 67.3 Å². The summed E-state index contributed by atoms with van der Waals surface area (Å²) in [5.74, 6) is -0.298. The van der Waals surface area contributed by atoms with E-state index in [1.165, 1.54) is 5.56 Å². The Labute approximate surface area is 188 Å². The van der Waals surface area contributed by atoms with Crippen LogP contribution in [-0.4, -0.2) is 29.3 Å². The molecule has 3 N–H and O–H groups in total. The number of carbonyl (C=O) groups excluding carboxylic acids is 2. The maximum absolute atomic E-state index is 12.9. The fourth-order valence-electron chi connectivity index (χ4n) is 3.85. The number of amides is 2. The second kappa shape index (κ2) is 9.52. The van der Waals surface area contributed by atoms with Gasteiger partial charge in [-0.2, -0.15) is 0 Å². The zero-order chi connectivity index (χ0) is 22.5. The minimum Gasteiger partial charge on any atom is -0.399 e. The molecule has 3 aromatic carbocycles. The molecule has 0 radical (unpaired) electrons. The Hall–Kier alpha value is -3.86. The van der Waals surface area contributed by atoms with E-state index in [1.807, 2.05) is 30.3 Å². The molecule has 0 aromatic heterocycles. The lowest BCUT2D eigenvalue weighted by molar-refractivity contribution is -0.119. The summed E-state index contributed by atoms with van der Waals surface area (Å²) in [6.07, 6.45) is 5.57. The predicted octanol–water partition coefficient (Wildman–Crippen LogP) is 4.99. The minimum atomic E-state index is -0.471. The third-order valence-corrected chi connectivity index (χ3v) is 5.70. The van der Waals surface area contributed by atoms with Crippen LogP contribution in [0.3, 0.4) is 0 Å². The number of rotatable bonds is 5. The van der Waals surface area contributed by atoms with E-state index in [1.54, 1.807) is 29.2 Å². The normalized spacial score (nSPS) is 15.8. The van der Waals surface area contributed by atoms with Gasteiger partial charge in [0, 0.05) is 23.5 Å². The van der Waals surface area contributed by atoms with Crippen molar-refractivity contribution in [1.29, 1.82) is 0 Å². The van der Waals surface area contributed by atoms with Crippen LogP contribution in [-0.2, 0) is 4.79 Å². The number of anilines is 2. The summed E-state index contributed by atoms with van der Waals surface area (Å²) in [7, 11) is 0. The number of nitrogens with zero attached hydrogens (tertiary/aromatic N) is 1. The first kappa shape index (κ1) is 21.4. The molecule has 3 aromatic rings. The molecule has 1 atom stereocenters. The Kier molecular flexibility index (Phi) is 6.36. The van der Waals surface area contributed by atoms with Gasteiger partial charge in [0.25, 0.3) is 5.91 Å². The molecular formula is C27H27N3O2. The van der Waals surface area contributed by atoms with E-state index in [2.05, 4.69) is 42.6 Å². The first-order chi connectivity index (χ1) is 15.5. The third-order valence-electron chi connectivity index (χ3n) is 5.70. The van der Waals surface area contributed by atoms with E-state index in [-0.39, 0.29) is 11.8 Å². The number of nitrogen functional groups attached to an aromatic ring is 1. The van der Waals surface area contributed by atoms with Crippen LogP contribution >= 0.6 is 0 Å². The lowest BCUT2D eigenvalue weighted by atomic mass is 10.1. The fourth-order valence-corrected chi connectivity index (χ4v) is 3.85. The van der Waals surface area contributed by atoms with Crippen molar-refractivity contribution >= 4 is 35.3 Å². The van der Waals surface area contributed by atoms with Crippen molar-refractivity contribution in [3.05, 3.63) is 95.1 Å². The maximum Gasteiger partial charge on any atom is 0.254 e. The standard InChI is InChI=1S/C27H27N3O2/c1-19-4-6-20(7-5-19)8-9-21-10-16-24(17-11-21)29-26(31)25-3-2-18-30(25)27(32)22-12-14-23(28)15-13-22/h4-17,25H,2-3,18,28H2,1H3,(H,29,31)/b9-8+. The summed E-state index contributed by atoms with van der Waals surface area (Å²) in [5, 5.41) is 2.96. The Balaban J connectivity index is 1.39. The van der Waals surface area contributed by atoms with Crippen molar-refractivity contribution in [3.63, 3.8) is 0 Å². The fraction of sp³-hybridized carbons (Fsp3) is 0.185. The highest BCUT2D eigenvalue weighted by Gasteiger charge is 2.34. The summed E-state index contributed by atoms with van der Waals surface area (Å²) < 4.78 is 0. The lowest BCUT2D eigenvalue weighted by Crippen LogP contribution is -2.43. The van der Waals surface area contributed by atoms with E-state index < -0.39 is 6.04 Å². The van der Waals surface area contributed by atoms with E-state index >= 15 is 0 Å². The van der Waals surface area contributed by atoms with Crippen molar-refractivity contribution in [3.8, 4) is 0 Å². The quantitative estimate of drug-likeness (QED) is 0.447. The van der Waals surface area contributed by atoms with Gasteiger partial charge in [-0.3, -0.25) is 9.59 Å². The van der Waals surface area contributed by atoms with E-state index in [0.29, 0.717) is 29.9 Å². The molecular weight excluding hydrogens is 398 g/mol. The van der Waals surface area contributed by atoms with E-state index in [9.17, 15) is 9.59 Å². The van der Waals surface area contributed by atoms with Crippen LogP contribution in [0.15, 0.2) is 72.8 Å². The number of benzene rings is 3. The highest BCUT2D eigenvalue weighted by atomic mass is 16.2. The van der Waals surface area contributed by atoms with Crippen LogP contribution in [0, 0.1) is 6.92 Å². The molecule has 32 heavy (non-hydrogen) atoms. The van der Waals surface area contributed by atoms with Crippen molar-refractivity contribution in [2.75, 3.05) is 17.6 Å². The van der Waals surface area contributed by atoms with Gasteiger partial charge in [-0.15, -0.1) is 0 Å². The molecule has 0 bridgehead atoms. The molecule has 1 aliphatic heterocycles. The summed E-state index contributed by atoms with van der Waals surface area (Å²) in [4.78, 5) is 27.4. The van der Waals surface area contributed by atoms with E-state index in [4.69, 9.17) is 5.73 Å². The maximum atomic E-state index is 12.9. The molecule has 0 saturated carbocycles. The predicted molar refractivity (Wildman–Crippen MR) is 130 cm³/mol. The summed E-state index contributed by atoms with van der Waals surface area (Å²) in [6.45, 7) is 2.64. The zero-order valence-corrected chi connectivity index (χ0v) is 18.1. The molecule has 5 nitrogen and oxygen atoms in total. The topological polar surface area (TPSA) is 75.4 Å². The molecule has 162 valence electrons. The molecule has 1 fully saturated rings. The summed E-state index contributed by atoms with van der Waals surface area (Å²) in [5.41, 5.74) is 11.0. The zero-order valence-electron chi connectivity index (χ0n) is 18.1. The van der Waals surface area contributed by atoms with Crippen LogP contribution in [0.25, 0.3) is 12.2 Å². The number of likely N-dealkylation sites (tertiary alicyclic amines) is 1. The molecule has 2 amide bonds. The van der Waals surface area contributed by atoms with Gasteiger partial charge in [-0.25, -0.2) is 0 Å². The number of hydrogen-bond donors (Lipinski definition) is 2. The van der Waals surface area contributed by atoms with Crippen LogP contribution in [0.4, 0.5) is 11.4 Å². The summed E-state index contributed by atoms with van der Waals surface area (Å²) >= 11 is 0. The second-order valence-corrected chi connectivity index (χ2v) is 8.13. The van der Waals surface area contributed by atoms with E-state index in [0.717, 1.165) is 17.5 Å². The average molecular weight is 426 g/mol. The number of hydrogen-bond acceptors (Lipinski definition) is 3. The van der Waals surface area contributed by atoms with Gasteiger partial charge >= 0.3 is 0 Å². The van der Waals surface area contributed by atoms with Gasteiger partial charge in [0.15, 0.2) is 0 Å². The molecule has 1 heterocycles. The second-order valence-electron chi connectivity index (χ2n) is 8.13. The Morgan fingerprint density at radius 1 is 0.906 bits per heavy atom. The monoisotopic (exact) mass is 425 g/mol. The van der Waals surface area contributed by atoms with Gasteiger partial charge < -0.3 is 16.0 Å². The molecule has 1 saturated heterocycles. The molecule has 0 spiro atoms. The summed E-state index contributed by atoms with van der Waals surface area (Å²) in [6, 6.07) is 22.4. The number of aryl methyl sites for hydroxylation is 1. The van der Waals surface area contributed by atoms with Gasteiger partial charge in [0.2, 0.25) is 5.91 Å². The van der Waals surface area contributed by atoms with Gasteiger partial charge in [-0.1, -0.05) is 54.1 Å². The molecule has 0 aliphatic carbocycles. The Morgan fingerprint density at radius 3 is 2.12 bits per heavy atom. The largest absolute Gasteiger partial charge is 0.399 e. The van der Waals surface area contributed by atoms with Crippen molar-refractivity contribution < 1.29 is 9.59 Å². The molecule has 4 rings (SSSR count). The van der Waals surface area contributed by atoms with Crippen molar-refractivity contribution in [2.45, 2.75) is 25.8 Å². The van der Waals surface area contributed by atoms with Gasteiger partial charge in [0.05, 0.1) is 0 Å². The van der Waals surface area contributed by atoms with Crippen LogP contribution in [0.5, 0.6) is 0 Å². The smallest absolute Gasteiger partial charge is 0.254 e. The number of nitrogens with two attached hydrogens (primary N) is 1. The third kappa shape index (κ3) is 5.06. The molecule has 5 heteroatoms. The lowest BCUT2D eigenvalue weighted by Gasteiger charge is -2.24. The minimum absolute atomic E-state index is 0.140. The first-order valence-electron chi connectivity index (χ1n) is 10.8. The molecule has 1 aliphatic rings. The molecule has 1 unspecified atom stereocenters. The van der Waals surface area contributed by atoms with Crippen LogP contribution in [0.2, 0.25) is 0 Å². The number of nitrogens with one attached hydrogen (secondary N) is 1. The highest BCUT2D eigenvalue weighted by molar-refractivity contribution is 6.01. The average Bonchev–Trinajstić information content (AvgIpc) is 3.30. The Morgan fingerprint density at radius 2 is 1.50 bits per heavy atom. The van der Waals surface area contributed by atoms with Crippen LogP contribution < -0.4 is 11.1 Å². The van der Waals surface area contributed by atoms with Crippen molar-refractivity contribution in [1.82, 2.24) is 4.90 Å². The Bertz CT molecular complexity index is 1120. The van der Waals surface area contributed by atoms with Gasteiger partial charge in [0.1, 0.15) is 6.04 Å². The number of carbonyl (C=O) groups is 2. The first-order valence-corrected chi connectivity index (χ1v) is 10.8. The van der Waals surface area contributed by atoms with Crippen molar-refractivity contribution in [2.24, 2.45) is 0 Å². The SMILES string of the molecule is Cc1ccc(/C=C/c2ccc(NC(=O)C3CCCN3C(=O)c3ccc(N)cc3)cc2)cc1. The van der Waals surface area contributed by atoms with Crippen LogP contribution in [0.1, 0.15) is 39.9 Å².